The lowest BCUT2D eigenvalue weighted by Gasteiger charge is -2.13. The van der Waals surface area contributed by atoms with Crippen molar-refractivity contribution in [3.63, 3.8) is 0 Å². The van der Waals surface area contributed by atoms with Crippen LogP contribution >= 0.6 is 23.5 Å². The van der Waals surface area contributed by atoms with Gasteiger partial charge in [-0.25, -0.2) is 4.99 Å². The van der Waals surface area contributed by atoms with E-state index >= 15 is 0 Å². The number of hydrogen-bond donors (Lipinski definition) is 0. The minimum atomic E-state index is 0.172. The van der Waals surface area contributed by atoms with E-state index in [1.54, 1.807) is 11.9 Å². The van der Waals surface area contributed by atoms with Gasteiger partial charge in [0.05, 0.1) is 11.8 Å². The van der Waals surface area contributed by atoms with Crippen LogP contribution in [-0.4, -0.2) is 23.8 Å². The van der Waals surface area contributed by atoms with Crippen molar-refractivity contribution in [3.05, 3.63) is 53.1 Å². The summed E-state index contributed by atoms with van der Waals surface area (Å²) in [4.78, 5) is 5.65. The van der Waals surface area contributed by atoms with E-state index in [1.807, 2.05) is 80.9 Å². The first-order valence-corrected chi connectivity index (χ1v) is 8.57. The molecule has 5 heteroatoms. The van der Waals surface area contributed by atoms with E-state index in [-0.39, 0.29) is 6.10 Å². The fourth-order valence-electron chi connectivity index (χ4n) is 1.95. The second-order valence-electron chi connectivity index (χ2n) is 5.45. The minimum Gasteiger partial charge on any atom is -0.491 e. The summed E-state index contributed by atoms with van der Waals surface area (Å²) in [6.45, 7) is 6.07. The monoisotopic (exact) mass is 348 g/mol. The van der Waals surface area contributed by atoms with Gasteiger partial charge in [-0.1, -0.05) is 11.6 Å². The topological polar surface area (TPSA) is 24.8 Å². The van der Waals surface area contributed by atoms with E-state index < -0.39 is 0 Å². The quantitative estimate of drug-likeness (QED) is 0.378. The van der Waals surface area contributed by atoms with Gasteiger partial charge in [-0.05, 0) is 80.7 Å². The van der Waals surface area contributed by atoms with E-state index in [2.05, 4.69) is 4.99 Å². The van der Waals surface area contributed by atoms with Gasteiger partial charge in [0.25, 0.3) is 0 Å². The maximum atomic E-state index is 5.89. The number of aliphatic imine (C=N–C) groups is 1. The smallest absolute Gasteiger partial charge is 0.120 e. The molecule has 0 fully saturated rings. The zero-order chi connectivity index (χ0) is 16.8. The molecule has 23 heavy (non-hydrogen) atoms. The largest absolute Gasteiger partial charge is 0.491 e. The summed E-state index contributed by atoms with van der Waals surface area (Å²) in [7, 11) is 1.97. The molecular formula is C18H21ClN2OS. The minimum absolute atomic E-state index is 0.172. The lowest BCUT2D eigenvalue weighted by atomic mass is 10.2. The van der Waals surface area contributed by atoms with Gasteiger partial charge in [-0.15, -0.1) is 0 Å². The Hall–Kier alpha value is -1.65. The molecule has 3 nitrogen and oxygen atoms in total. The number of rotatable bonds is 6. The maximum Gasteiger partial charge on any atom is 0.120 e. The summed E-state index contributed by atoms with van der Waals surface area (Å²) >= 11 is 7.48. The van der Waals surface area contributed by atoms with Crippen LogP contribution in [0.1, 0.15) is 19.4 Å². The number of halogens is 1. The van der Waals surface area contributed by atoms with Gasteiger partial charge in [0, 0.05) is 17.0 Å². The molecule has 0 saturated heterocycles. The van der Waals surface area contributed by atoms with Gasteiger partial charge in [-0.3, -0.25) is 0 Å². The highest BCUT2D eigenvalue weighted by Crippen LogP contribution is 2.26. The average molecular weight is 349 g/mol. The Morgan fingerprint density at radius 3 is 2.48 bits per heavy atom. The SMILES string of the molecule is Cc1cc(OC(C)C)ccc1N=CN(C)Sc1ccc(Cl)cc1. The van der Waals surface area contributed by atoms with Gasteiger partial charge in [0.2, 0.25) is 0 Å². The van der Waals surface area contributed by atoms with Gasteiger partial charge < -0.3 is 9.04 Å². The summed E-state index contributed by atoms with van der Waals surface area (Å²) in [6, 6.07) is 13.7. The fourth-order valence-corrected chi connectivity index (χ4v) is 2.76. The molecular weight excluding hydrogens is 328 g/mol. The van der Waals surface area contributed by atoms with Gasteiger partial charge in [-0.2, -0.15) is 0 Å². The van der Waals surface area contributed by atoms with E-state index in [4.69, 9.17) is 16.3 Å². The molecule has 2 rings (SSSR count). The highest BCUT2D eigenvalue weighted by Gasteiger charge is 2.02. The zero-order valence-corrected chi connectivity index (χ0v) is 15.4. The first kappa shape index (κ1) is 17.7. The summed E-state index contributed by atoms with van der Waals surface area (Å²) in [5, 5.41) is 0.741. The molecule has 0 heterocycles. The number of aryl methyl sites for hydroxylation is 1. The lowest BCUT2D eigenvalue weighted by Crippen LogP contribution is -2.06. The van der Waals surface area contributed by atoms with Crippen LogP contribution in [0.2, 0.25) is 5.02 Å². The van der Waals surface area contributed by atoms with Crippen LogP contribution in [0, 0.1) is 6.92 Å². The highest BCUT2D eigenvalue weighted by atomic mass is 35.5. The second-order valence-corrected chi connectivity index (χ2v) is 7.12. The van der Waals surface area contributed by atoms with Crippen molar-refractivity contribution < 1.29 is 4.74 Å². The van der Waals surface area contributed by atoms with Gasteiger partial charge in [0.15, 0.2) is 0 Å². The van der Waals surface area contributed by atoms with Crippen LogP contribution in [0.3, 0.4) is 0 Å². The molecule has 0 aliphatic heterocycles. The van der Waals surface area contributed by atoms with Gasteiger partial charge >= 0.3 is 0 Å². The Morgan fingerprint density at radius 2 is 1.87 bits per heavy atom. The first-order valence-electron chi connectivity index (χ1n) is 7.42. The summed E-state index contributed by atoms with van der Waals surface area (Å²) in [6.07, 6.45) is 1.98. The van der Waals surface area contributed by atoms with E-state index in [1.165, 1.54) is 0 Å². The van der Waals surface area contributed by atoms with Crippen LogP contribution in [-0.2, 0) is 0 Å². The third-order valence-corrected chi connectivity index (χ3v) is 4.08. The second kappa shape index (κ2) is 8.27. The number of hydrogen-bond acceptors (Lipinski definition) is 3. The maximum absolute atomic E-state index is 5.89. The normalized spacial score (nSPS) is 11.2. The molecule has 2 aromatic carbocycles. The Labute approximate surface area is 147 Å². The first-order chi connectivity index (χ1) is 10.9. The Kier molecular flexibility index (Phi) is 6.37. The highest BCUT2D eigenvalue weighted by molar-refractivity contribution is 7.97. The van der Waals surface area contributed by atoms with Crippen molar-refractivity contribution in [3.8, 4) is 5.75 Å². The predicted molar refractivity (Wildman–Crippen MR) is 100 cm³/mol. The molecule has 0 unspecified atom stereocenters. The molecule has 0 N–H and O–H groups in total. The van der Waals surface area contributed by atoms with Crippen molar-refractivity contribution in [2.75, 3.05) is 7.05 Å². The van der Waals surface area contributed by atoms with Crippen LogP contribution in [0.4, 0.5) is 5.69 Å². The molecule has 0 radical (unpaired) electrons. The third-order valence-electron chi connectivity index (χ3n) is 2.96. The van der Waals surface area contributed by atoms with E-state index in [9.17, 15) is 0 Å². The zero-order valence-electron chi connectivity index (χ0n) is 13.8. The average Bonchev–Trinajstić information content (AvgIpc) is 2.48. The van der Waals surface area contributed by atoms with E-state index in [0.717, 1.165) is 26.9 Å². The Balaban J connectivity index is 2.00. The summed E-state index contributed by atoms with van der Waals surface area (Å²) in [5.74, 6) is 0.875. The summed E-state index contributed by atoms with van der Waals surface area (Å²) in [5.41, 5.74) is 2.02. The molecule has 2 aromatic rings. The molecule has 0 aliphatic rings. The molecule has 0 amide bonds. The predicted octanol–water partition coefficient (Wildman–Crippen LogP) is 5.73. The standard InChI is InChI=1S/C18H21ClN2OS/c1-13(2)22-16-7-10-18(14(3)11-16)20-12-21(4)23-17-8-5-15(19)6-9-17/h5-13H,1-4H3. The van der Waals surface area contributed by atoms with Crippen molar-refractivity contribution in [2.45, 2.75) is 31.8 Å². The molecule has 0 spiro atoms. The van der Waals surface area contributed by atoms with Crippen LogP contribution in [0.25, 0.3) is 0 Å². The van der Waals surface area contributed by atoms with Crippen LogP contribution < -0.4 is 4.74 Å². The lowest BCUT2D eigenvalue weighted by molar-refractivity contribution is 0.242. The number of benzene rings is 2. The molecule has 0 aromatic heterocycles. The molecule has 0 atom stereocenters. The van der Waals surface area contributed by atoms with E-state index in [0.29, 0.717) is 0 Å². The molecule has 0 bridgehead atoms. The van der Waals surface area contributed by atoms with Gasteiger partial charge in [0.1, 0.15) is 12.1 Å². The summed E-state index contributed by atoms with van der Waals surface area (Å²) < 4.78 is 7.65. The van der Waals surface area contributed by atoms with Crippen molar-refractivity contribution >= 4 is 35.6 Å². The van der Waals surface area contributed by atoms with Crippen molar-refractivity contribution in [1.29, 1.82) is 0 Å². The van der Waals surface area contributed by atoms with Crippen molar-refractivity contribution in [2.24, 2.45) is 4.99 Å². The van der Waals surface area contributed by atoms with Crippen LogP contribution in [0.5, 0.6) is 5.75 Å². The molecule has 0 saturated carbocycles. The number of nitrogens with zero attached hydrogens (tertiary/aromatic N) is 2. The Morgan fingerprint density at radius 1 is 1.17 bits per heavy atom. The molecule has 0 aliphatic carbocycles. The Bertz CT molecular complexity index is 671. The van der Waals surface area contributed by atoms with Crippen molar-refractivity contribution in [1.82, 2.24) is 4.31 Å². The third kappa shape index (κ3) is 5.81. The number of ether oxygens (including phenoxy) is 1. The van der Waals surface area contributed by atoms with Crippen LogP contribution in [0.15, 0.2) is 52.4 Å². The molecule has 122 valence electrons. The fraction of sp³-hybridized carbons (Fsp3) is 0.278.